The number of H-pyrrole nitrogens is 1. The number of benzene rings is 3. The van der Waals surface area contributed by atoms with Gasteiger partial charge in [0.05, 0.1) is 18.4 Å². The van der Waals surface area contributed by atoms with E-state index < -0.39 is 0 Å². The second kappa shape index (κ2) is 10.2. The predicted octanol–water partition coefficient (Wildman–Crippen LogP) is 5.58. The minimum absolute atomic E-state index is 0.0789. The van der Waals surface area contributed by atoms with Gasteiger partial charge in [-0.2, -0.15) is 5.11 Å². The van der Waals surface area contributed by atoms with Crippen LogP contribution >= 0.6 is 0 Å². The van der Waals surface area contributed by atoms with Gasteiger partial charge in [-0.3, -0.25) is 9.89 Å². The maximum atomic E-state index is 13.0. The molecule has 0 saturated heterocycles. The van der Waals surface area contributed by atoms with Crippen LogP contribution in [0.15, 0.2) is 91.1 Å². The van der Waals surface area contributed by atoms with Gasteiger partial charge >= 0.3 is 0 Å². The van der Waals surface area contributed by atoms with Gasteiger partial charge in [0.1, 0.15) is 5.69 Å². The van der Waals surface area contributed by atoms with Gasteiger partial charge in [0.15, 0.2) is 17.3 Å². The summed E-state index contributed by atoms with van der Waals surface area (Å²) in [5.74, 6) is 0.116. The molecule has 0 fully saturated rings. The summed E-state index contributed by atoms with van der Waals surface area (Å²) in [6.07, 6.45) is 0. The Labute approximate surface area is 207 Å². The van der Waals surface area contributed by atoms with Crippen molar-refractivity contribution in [2.75, 3.05) is 7.05 Å². The minimum atomic E-state index is -0.332. The van der Waals surface area contributed by atoms with Crippen molar-refractivity contribution in [3.63, 3.8) is 0 Å². The summed E-state index contributed by atoms with van der Waals surface area (Å²) < 4.78 is 1.43. The van der Waals surface area contributed by atoms with E-state index in [0.29, 0.717) is 28.1 Å². The van der Waals surface area contributed by atoms with E-state index in [1.807, 2.05) is 38.1 Å². The molecule has 0 radical (unpaired) electrons. The van der Waals surface area contributed by atoms with Crippen LogP contribution in [0.25, 0.3) is 16.8 Å². The number of hydrogen-bond acceptors (Lipinski definition) is 6. The van der Waals surface area contributed by atoms with Crippen LogP contribution in [-0.2, 0) is 0 Å². The summed E-state index contributed by atoms with van der Waals surface area (Å²) in [6, 6.07) is 18.0. The highest BCUT2D eigenvalue weighted by Gasteiger charge is 2.14. The fourth-order valence-corrected chi connectivity index (χ4v) is 3.65. The minimum Gasteiger partial charge on any atom is -0.505 e. The van der Waals surface area contributed by atoms with E-state index >= 15 is 0 Å². The lowest BCUT2D eigenvalue weighted by molar-refractivity contribution is 0.478. The molecule has 10 nitrogen and oxygen atoms in total. The standard InChI is InChI=1S/C26H26N8O2/c1-15-11-12-20(13-16(15)2)34-26(36)23(17(3)32-34)30-29-22-10-6-9-21(24(22)35)18-7-5-8-19(14-18)25(27)31-33-28-4/h5-14,32,35H,1-4H3,(H2,27,28,31). The fourth-order valence-electron chi connectivity index (χ4n) is 3.65. The summed E-state index contributed by atoms with van der Waals surface area (Å²) in [6.45, 7) is 5.75. The number of phenols is 1. The number of nitrogens with two attached hydrogens (primary N) is 1. The number of nitrogens with one attached hydrogen (secondary N) is 1. The number of amidine groups is 1. The third kappa shape index (κ3) is 4.83. The Morgan fingerprint density at radius 3 is 2.50 bits per heavy atom. The number of hydrogen-bond donors (Lipinski definition) is 3. The van der Waals surface area contributed by atoms with Crippen molar-refractivity contribution >= 4 is 17.2 Å². The Morgan fingerprint density at radius 1 is 0.972 bits per heavy atom. The van der Waals surface area contributed by atoms with Crippen LogP contribution < -0.4 is 11.3 Å². The van der Waals surface area contributed by atoms with Gasteiger partial charge in [-0.25, -0.2) is 4.68 Å². The van der Waals surface area contributed by atoms with Crippen molar-refractivity contribution in [1.29, 1.82) is 0 Å². The summed E-state index contributed by atoms with van der Waals surface area (Å²) in [4.78, 5) is 13.0. The number of azo groups is 1. The second-order valence-corrected chi connectivity index (χ2v) is 8.22. The molecule has 4 rings (SSSR count). The molecule has 0 saturated carbocycles. The lowest BCUT2D eigenvalue weighted by Crippen LogP contribution is -2.14. The lowest BCUT2D eigenvalue weighted by Gasteiger charge is -2.08. The number of nitrogens with zero attached hydrogens (tertiary/aromatic N) is 6. The van der Waals surface area contributed by atoms with Crippen LogP contribution in [0.4, 0.5) is 11.4 Å². The number of aromatic hydroxyl groups is 1. The largest absolute Gasteiger partial charge is 0.505 e. The van der Waals surface area contributed by atoms with Gasteiger partial charge in [0.25, 0.3) is 5.56 Å². The quantitative estimate of drug-likeness (QED) is 0.143. The summed E-state index contributed by atoms with van der Waals surface area (Å²) >= 11 is 0. The number of aromatic amines is 1. The summed E-state index contributed by atoms with van der Waals surface area (Å²) in [5.41, 5.74) is 11.3. The number of phenolic OH excluding ortho intramolecular Hbond substituents is 1. The Bertz CT molecular complexity index is 1580. The number of aromatic nitrogens is 2. The summed E-state index contributed by atoms with van der Waals surface area (Å²) in [5, 5.41) is 33.3. The van der Waals surface area contributed by atoms with E-state index in [9.17, 15) is 9.90 Å². The van der Waals surface area contributed by atoms with Crippen LogP contribution in [0, 0.1) is 20.8 Å². The van der Waals surface area contributed by atoms with Crippen molar-refractivity contribution in [2.45, 2.75) is 20.8 Å². The molecule has 0 bridgehead atoms. The first-order chi connectivity index (χ1) is 17.3. The molecule has 0 aliphatic heterocycles. The zero-order chi connectivity index (χ0) is 25.8. The topological polar surface area (TPSA) is 146 Å². The van der Waals surface area contributed by atoms with Gasteiger partial charge in [-0.1, -0.05) is 36.4 Å². The van der Waals surface area contributed by atoms with Gasteiger partial charge in [-0.15, -0.1) is 15.3 Å². The molecular formula is C26H26N8O2. The molecule has 4 aromatic rings. The highest BCUT2D eigenvalue weighted by atomic mass is 16.3. The molecule has 0 amide bonds. The van der Waals surface area contributed by atoms with Crippen LogP contribution in [0.3, 0.4) is 0 Å². The Kier molecular flexibility index (Phi) is 6.86. The van der Waals surface area contributed by atoms with Gasteiger partial charge in [-0.05, 0) is 67.0 Å². The average molecular weight is 483 g/mol. The van der Waals surface area contributed by atoms with Crippen molar-refractivity contribution in [1.82, 2.24) is 9.78 Å². The number of para-hydroxylation sites is 1. The van der Waals surface area contributed by atoms with Crippen LogP contribution in [-0.4, -0.2) is 27.8 Å². The van der Waals surface area contributed by atoms with Crippen molar-refractivity contribution < 1.29 is 5.11 Å². The molecule has 3 aromatic carbocycles. The Morgan fingerprint density at radius 2 is 1.75 bits per heavy atom. The Balaban J connectivity index is 1.68. The first kappa shape index (κ1) is 24.3. The third-order valence-corrected chi connectivity index (χ3v) is 5.77. The molecule has 182 valence electrons. The maximum absolute atomic E-state index is 13.0. The van der Waals surface area contributed by atoms with Gasteiger partial charge in [0.2, 0.25) is 0 Å². The molecular weight excluding hydrogens is 456 g/mol. The third-order valence-electron chi connectivity index (χ3n) is 5.77. The molecule has 0 aliphatic rings. The smallest absolute Gasteiger partial charge is 0.299 e. The van der Waals surface area contributed by atoms with Gasteiger partial charge in [0, 0.05) is 11.1 Å². The van der Waals surface area contributed by atoms with Crippen molar-refractivity contribution in [2.24, 2.45) is 31.4 Å². The maximum Gasteiger partial charge on any atom is 0.299 e. The molecule has 0 aliphatic carbocycles. The lowest BCUT2D eigenvalue weighted by atomic mass is 10.0. The Hall–Kier alpha value is -4.86. The molecule has 0 atom stereocenters. The van der Waals surface area contributed by atoms with Crippen LogP contribution in [0.5, 0.6) is 5.75 Å². The number of rotatable bonds is 6. The summed E-state index contributed by atoms with van der Waals surface area (Å²) in [7, 11) is 1.50. The van der Waals surface area contributed by atoms with E-state index in [0.717, 1.165) is 11.1 Å². The zero-order valence-corrected chi connectivity index (χ0v) is 20.4. The average Bonchev–Trinajstić information content (AvgIpc) is 3.16. The van der Waals surface area contributed by atoms with Crippen molar-refractivity contribution in [3.8, 4) is 22.6 Å². The van der Waals surface area contributed by atoms with E-state index in [2.05, 4.69) is 30.8 Å². The van der Waals surface area contributed by atoms with Crippen LogP contribution in [0.2, 0.25) is 0 Å². The molecule has 0 spiro atoms. The first-order valence-electron chi connectivity index (χ1n) is 11.2. The van der Waals surface area contributed by atoms with Crippen LogP contribution in [0.1, 0.15) is 22.4 Å². The first-order valence-corrected chi connectivity index (χ1v) is 11.2. The van der Waals surface area contributed by atoms with Gasteiger partial charge < -0.3 is 10.8 Å². The molecule has 0 unspecified atom stereocenters. The van der Waals surface area contributed by atoms with E-state index in [4.69, 9.17) is 5.73 Å². The van der Waals surface area contributed by atoms with E-state index in [-0.39, 0.29) is 28.5 Å². The molecule has 4 N–H and O–H groups in total. The monoisotopic (exact) mass is 482 g/mol. The molecule has 1 heterocycles. The predicted molar refractivity (Wildman–Crippen MR) is 140 cm³/mol. The van der Waals surface area contributed by atoms with E-state index in [1.165, 1.54) is 11.7 Å². The highest BCUT2D eigenvalue weighted by Crippen LogP contribution is 2.38. The molecule has 10 heteroatoms. The highest BCUT2D eigenvalue weighted by molar-refractivity contribution is 5.98. The normalized spacial score (nSPS) is 12.2. The van der Waals surface area contributed by atoms with E-state index in [1.54, 1.807) is 43.3 Å². The van der Waals surface area contributed by atoms with Crippen molar-refractivity contribution in [3.05, 3.63) is 93.4 Å². The fraction of sp³-hybridized carbons (Fsp3) is 0.154. The SMILES string of the molecule is CN=N/N=C(\N)c1cccc(-c2cccc(N=Nc3c(C)[nH]n(-c4ccc(C)c(C)c4)c3=O)c2O)c1. The zero-order valence-electron chi connectivity index (χ0n) is 20.4. The molecule has 1 aromatic heterocycles. The molecule has 36 heavy (non-hydrogen) atoms. The second-order valence-electron chi connectivity index (χ2n) is 8.22. The number of aryl methyl sites for hydroxylation is 3.